The first-order chi connectivity index (χ1) is 11.0. The van der Waals surface area contributed by atoms with Gasteiger partial charge in [-0.25, -0.2) is 0 Å². The van der Waals surface area contributed by atoms with Gasteiger partial charge in [0.2, 0.25) is 5.91 Å². The third-order valence-corrected chi connectivity index (χ3v) is 4.20. The number of carbonyl (C=O) groups excluding carboxylic acids is 1. The van der Waals surface area contributed by atoms with E-state index in [1.165, 1.54) is 0 Å². The van der Waals surface area contributed by atoms with Crippen LogP contribution in [0.4, 0.5) is 26.3 Å². The molecule has 1 aliphatic heterocycles. The van der Waals surface area contributed by atoms with Crippen LogP contribution in [-0.2, 0) is 17.1 Å². The summed E-state index contributed by atoms with van der Waals surface area (Å²) in [5.41, 5.74) is -3.36. The fourth-order valence-electron chi connectivity index (χ4n) is 1.68. The molecule has 0 atom stereocenters. The van der Waals surface area contributed by atoms with Gasteiger partial charge < -0.3 is 5.32 Å². The predicted molar refractivity (Wildman–Crippen MR) is 79.8 cm³/mol. The average molecular weight is 434 g/mol. The maximum atomic E-state index is 13.0. The number of halogens is 7. The number of nitrogens with zero attached hydrogens (tertiary/aromatic N) is 2. The standard InChI is InChI=1S/C12H6BrF6N3OS/c13-8-2-6(11(14,15)16)5(1-7(8)12(17,18)19)3-20-22-10-21-9(23)4-24-10/h1-3H,4H2,(H,21,22,23). The van der Waals surface area contributed by atoms with Gasteiger partial charge in [-0.05, 0) is 12.1 Å². The summed E-state index contributed by atoms with van der Waals surface area (Å²) in [6, 6.07) is 0.667. The van der Waals surface area contributed by atoms with Crippen molar-refractivity contribution in [3.63, 3.8) is 0 Å². The molecule has 4 nitrogen and oxygen atoms in total. The minimum Gasteiger partial charge on any atom is -0.303 e. The molecule has 1 aromatic rings. The summed E-state index contributed by atoms with van der Waals surface area (Å²) in [5, 5.41) is 9.13. The highest BCUT2D eigenvalue weighted by Gasteiger charge is 2.38. The number of alkyl halides is 6. The van der Waals surface area contributed by atoms with Crippen LogP contribution < -0.4 is 5.32 Å². The molecule has 1 aliphatic rings. The highest BCUT2D eigenvalue weighted by atomic mass is 79.9. The molecule has 0 aromatic heterocycles. The van der Waals surface area contributed by atoms with Crippen LogP contribution in [0.2, 0.25) is 0 Å². The van der Waals surface area contributed by atoms with E-state index in [0.29, 0.717) is 18.3 Å². The maximum Gasteiger partial charge on any atom is 0.417 e. The predicted octanol–water partition coefficient (Wildman–Crippen LogP) is 4.04. The Labute approximate surface area is 143 Å². The minimum absolute atomic E-state index is 0.0537. The number of nitrogens with one attached hydrogen (secondary N) is 1. The lowest BCUT2D eigenvalue weighted by Crippen LogP contribution is -2.19. The summed E-state index contributed by atoms with van der Waals surface area (Å²) in [6.07, 6.45) is -9.16. The molecule has 0 unspecified atom stereocenters. The van der Waals surface area contributed by atoms with Crippen molar-refractivity contribution in [3.8, 4) is 0 Å². The molecular weight excluding hydrogens is 428 g/mol. The van der Waals surface area contributed by atoms with Crippen molar-refractivity contribution in [3.05, 3.63) is 33.3 Å². The molecule has 1 N–H and O–H groups in total. The van der Waals surface area contributed by atoms with Gasteiger partial charge >= 0.3 is 12.4 Å². The number of benzene rings is 1. The van der Waals surface area contributed by atoms with Gasteiger partial charge in [-0.3, -0.25) is 4.79 Å². The quantitative estimate of drug-likeness (QED) is 0.434. The summed E-state index contributed by atoms with van der Waals surface area (Å²) >= 11 is 3.47. The molecule has 2 rings (SSSR count). The molecule has 1 amide bonds. The fourth-order valence-corrected chi connectivity index (χ4v) is 2.88. The first-order valence-corrected chi connectivity index (χ1v) is 7.78. The topological polar surface area (TPSA) is 53.8 Å². The monoisotopic (exact) mass is 433 g/mol. The van der Waals surface area contributed by atoms with E-state index in [2.05, 4.69) is 31.4 Å². The van der Waals surface area contributed by atoms with Gasteiger partial charge in [-0.2, -0.15) is 31.4 Å². The Morgan fingerprint density at radius 2 is 1.75 bits per heavy atom. The van der Waals surface area contributed by atoms with Gasteiger partial charge in [0.1, 0.15) is 0 Å². The number of carbonyl (C=O) groups is 1. The molecule has 0 spiro atoms. The van der Waals surface area contributed by atoms with Crippen molar-refractivity contribution in [1.82, 2.24) is 5.32 Å². The highest BCUT2D eigenvalue weighted by Crippen LogP contribution is 2.40. The molecule has 12 heteroatoms. The largest absolute Gasteiger partial charge is 0.417 e. The number of rotatable bonds is 2. The second kappa shape index (κ2) is 6.75. The molecule has 0 radical (unpaired) electrons. The Hall–Kier alpha value is -1.56. The molecular formula is C12H6BrF6N3OS. The Bertz CT molecular complexity index is 729. The number of amidine groups is 1. The smallest absolute Gasteiger partial charge is 0.303 e. The van der Waals surface area contributed by atoms with Crippen molar-refractivity contribution in [2.24, 2.45) is 10.2 Å². The summed E-state index contributed by atoms with van der Waals surface area (Å²) in [5.74, 6) is -0.272. The first kappa shape index (κ1) is 18.8. The molecule has 130 valence electrons. The van der Waals surface area contributed by atoms with E-state index < -0.39 is 33.5 Å². The Morgan fingerprint density at radius 3 is 2.25 bits per heavy atom. The number of hydrogen-bond donors (Lipinski definition) is 1. The van der Waals surface area contributed by atoms with Crippen LogP contribution in [0.3, 0.4) is 0 Å². The SMILES string of the molecule is O=C1CSC(=NN=Cc2cc(C(F)(F)F)c(Br)cc2C(F)(F)F)N1. The second-order valence-electron chi connectivity index (χ2n) is 4.40. The zero-order valence-electron chi connectivity index (χ0n) is 11.3. The lowest BCUT2D eigenvalue weighted by molar-refractivity contribution is -0.141. The maximum absolute atomic E-state index is 13.0. The van der Waals surface area contributed by atoms with E-state index in [0.717, 1.165) is 11.8 Å². The van der Waals surface area contributed by atoms with Gasteiger partial charge in [-0.15, -0.1) is 5.10 Å². The highest BCUT2D eigenvalue weighted by molar-refractivity contribution is 9.10. The van der Waals surface area contributed by atoms with Crippen LogP contribution in [0.15, 0.2) is 26.8 Å². The van der Waals surface area contributed by atoms with E-state index in [1.807, 2.05) is 0 Å². The molecule has 0 saturated carbocycles. The van der Waals surface area contributed by atoms with E-state index in [-0.39, 0.29) is 16.8 Å². The normalized spacial score (nSPS) is 17.8. The van der Waals surface area contributed by atoms with E-state index in [1.54, 1.807) is 0 Å². The van der Waals surface area contributed by atoms with Crippen molar-refractivity contribution < 1.29 is 31.1 Å². The average Bonchev–Trinajstić information content (AvgIpc) is 2.83. The van der Waals surface area contributed by atoms with E-state index >= 15 is 0 Å². The zero-order chi connectivity index (χ0) is 18.1. The van der Waals surface area contributed by atoms with E-state index in [4.69, 9.17) is 0 Å². The minimum atomic E-state index is -4.88. The van der Waals surface area contributed by atoms with Gasteiger partial charge in [-0.1, -0.05) is 27.7 Å². The summed E-state index contributed by atoms with van der Waals surface area (Å²) in [6.45, 7) is 0. The van der Waals surface area contributed by atoms with Crippen LogP contribution in [0, 0.1) is 0 Å². The lowest BCUT2D eigenvalue weighted by atomic mass is 10.0. The van der Waals surface area contributed by atoms with Crippen molar-refractivity contribution in [2.45, 2.75) is 12.4 Å². The van der Waals surface area contributed by atoms with Gasteiger partial charge in [0, 0.05) is 10.0 Å². The first-order valence-electron chi connectivity index (χ1n) is 6.00. The van der Waals surface area contributed by atoms with E-state index in [9.17, 15) is 31.1 Å². The fraction of sp³-hybridized carbons (Fsp3) is 0.250. The third kappa shape index (κ3) is 4.50. The molecule has 1 aromatic carbocycles. The Morgan fingerprint density at radius 1 is 1.12 bits per heavy atom. The van der Waals surface area contributed by atoms with Crippen molar-refractivity contribution in [1.29, 1.82) is 0 Å². The Kier molecular flexibility index (Phi) is 5.28. The Balaban J connectivity index is 2.44. The number of amides is 1. The second-order valence-corrected chi connectivity index (χ2v) is 6.22. The van der Waals surface area contributed by atoms with Gasteiger partial charge in [0.05, 0.1) is 23.1 Å². The molecule has 0 bridgehead atoms. The van der Waals surface area contributed by atoms with Gasteiger partial charge in [0.25, 0.3) is 0 Å². The van der Waals surface area contributed by atoms with Crippen LogP contribution in [0.1, 0.15) is 16.7 Å². The summed E-state index contributed by atoms with van der Waals surface area (Å²) in [7, 11) is 0. The molecule has 1 saturated heterocycles. The number of hydrogen-bond acceptors (Lipinski definition) is 4. The molecule has 1 fully saturated rings. The van der Waals surface area contributed by atoms with Crippen LogP contribution in [-0.4, -0.2) is 23.0 Å². The molecule has 1 heterocycles. The lowest BCUT2D eigenvalue weighted by Gasteiger charge is -2.15. The van der Waals surface area contributed by atoms with Crippen molar-refractivity contribution in [2.75, 3.05) is 5.75 Å². The van der Waals surface area contributed by atoms with Crippen LogP contribution in [0.5, 0.6) is 0 Å². The third-order valence-electron chi connectivity index (χ3n) is 2.68. The summed E-state index contributed by atoms with van der Waals surface area (Å²) in [4.78, 5) is 10.9. The van der Waals surface area contributed by atoms with Crippen LogP contribution in [0.25, 0.3) is 0 Å². The van der Waals surface area contributed by atoms with Crippen LogP contribution >= 0.6 is 27.7 Å². The number of thioether (sulfide) groups is 1. The molecule has 24 heavy (non-hydrogen) atoms. The van der Waals surface area contributed by atoms with Gasteiger partial charge in [0.15, 0.2) is 5.17 Å². The summed E-state index contributed by atoms with van der Waals surface area (Å²) < 4.78 is 76.7. The zero-order valence-corrected chi connectivity index (χ0v) is 13.7. The van der Waals surface area contributed by atoms with Crippen molar-refractivity contribution >= 4 is 45.0 Å². The molecule has 0 aliphatic carbocycles.